The topological polar surface area (TPSA) is 26.3 Å². The highest BCUT2D eigenvalue weighted by Gasteiger charge is 2.11. The molecule has 0 bridgehead atoms. The maximum atomic E-state index is 10.2. The first-order valence-corrected chi connectivity index (χ1v) is 2.61. The van der Waals surface area contributed by atoms with Crippen LogP contribution in [0.1, 0.15) is 27.7 Å². The van der Waals surface area contributed by atoms with Crippen LogP contribution in [0.2, 0.25) is 0 Å². The zero-order valence-corrected chi connectivity index (χ0v) is 7.94. The lowest BCUT2D eigenvalue weighted by molar-refractivity contribution is -0.151. The molecule has 9 heavy (non-hydrogen) atoms. The van der Waals surface area contributed by atoms with Gasteiger partial charge in [0.15, 0.2) is 0 Å². The molecule has 0 amide bonds. The van der Waals surface area contributed by atoms with E-state index < -0.39 is 0 Å². The molecule has 0 aliphatic rings. The summed E-state index contributed by atoms with van der Waals surface area (Å²) in [6.45, 7) is 6.93. The van der Waals surface area contributed by atoms with Crippen LogP contribution in [0.5, 0.6) is 0 Å². The molecule has 56 valence electrons. The van der Waals surface area contributed by atoms with Crippen LogP contribution in [0, 0.1) is 0 Å². The van der Waals surface area contributed by atoms with Gasteiger partial charge in [0.05, 0.1) is 0 Å². The molecule has 0 rings (SSSR count). The van der Waals surface area contributed by atoms with E-state index in [4.69, 9.17) is 4.74 Å². The molecule has 0 heterocycles. The molecule has 1 unspecified atom stereocenters. The fourth-order valence-corrected chi connectivity index (χ4v) is 0.431. The predicted molar refractivity (Wildman–Crippen MR) is 42.6 cm³/mol. The minimum Gasteiger partial charge on any atom is -0.460 e. The standard InChI is InChI=1S/C6H12O2.H3P/c1-5(7)8-6(2,3)4;/h1-4H3;1H3. The molecule has 3 heteroatoms. The Morgan fingerprint density at radius 3 is 1.67 bits per heavy atom. The van der Waals surface area contributed by atoms with Gasteiger partial charge in [-0.1, -0.05) is 0 Å². The summed E-state index contributed by atoms with van der Waals surface area (Å²) in [4.78, 5) is 10.2. The third-order valence-corrected chi connectivity index (χ3v) is 0.450. The fourth-order valence-electron chi connectivity index (χ4n) is 0.431. The van der Waals surface area contributed by atoms with Crippen molar-refractivity contribution in [1.29, 1.82) is 0 Å². The van der Waals surface area contributed by atoms with E-state index in [1.54, 1.807) is 0 Å². The highest BCUT2D eigenvalue weighted by atomic mass is 31.0. The second-order valence-electron chi connectivity index (χ2n) is 2.71. The van der Waals surface area contributed by atoms with Crippen molar-refractivity contribution < 1.29 is 9.53 Å². The molecule has 0 aromatic rings. The highest BCUT2D eigenvalue weighted by Crippen LogP contribution is 2.05. The Labute approximate surface area is 59.6 Å². The number of hydrogen-bond donors (Lipinski definition) is 0. The molecular weight excluding hydrogens is 135 g/mol. The van der Waals surface area contributed by atoms with E-state index in [0.29, 0.717) is 0 Å². The van der Waals surface area contributed by atoms with Crippen LogP contribution in [-0.4, -0.2) is 11.6 Å². The van der Waals surface area contributed by atoms with Gasteiger partial charge in [0.25, 0.3) is 0 Å². The van der Waals surface area contributed by atoms with Gasteiger partial charge in [-0.2, -0.15) is 9.90 Å². The zero-order chi connectivity index (χ0) is 6.78. The Bertz CT molecular complexity index is 93.7. The molecule has 0 fully saturated rings. The van der Waals surface area contributed by atoms with Crippen LogP contribution >= 0.6 is 9.90 Å². The van der Waals surface area contributed by atoms with Crippen molar-refractivity contribution in [3.63, 3.8) is 0 Å². The van der Waals surface area contributed by atoms with Gasteiger partial charge in [0.2, 0.25) is 0 Å². The van der Waals surface area contributed by atoms with Gasteiger partial charge in [0.1, 0.15) is 5.60 Å². The van der Waals surface area contributed by atoms with Crippen molar-refractivity contribution in [3.8, 4) is 0 Å². The molecule has 0 aromatic heterocycles. The SMILES string of the molecule is CC(=O)OC(C)(C)C.P. The Morgan fingerprint density at radius 2 is 1.67 bits per heavy atom. The van der Waals surface area contributed by atoms with Crippen molar-refractivity contribution in [1.82, 2.24) is 0 Å². The van der Waals surface area contributed by atoms with E-state index in [1.807, 2.05) is 20.8 Å². The zero-order valence-electron chi connectivity index (χ0n) is 6.52. The van der Waals surface area contributed by atoms with E-state index >= 15 is 0 Å². The highest BCUT2D eigenvalue weighted by molar-refractivity contribution is 6.92. The third kappa shape index (κ3) is 11.5. The van der Waals surface area contributed by atoms with E-state index in [0.717, 1.165) is 0 Å². The van der Waals surface area contributed by atoms with Crippen LogP contribution in [0.15, 0.2) is 0 Å². The number of hydrogen-bond acceptors (Lipinski definition) is 2. The molecule has 0 aromatic carbocycles. The molecule has 1 atom stereocenters. The summed E-state index contributed by atoms with van der Waals surface area (Å²) in [5, 5.41) is 0. The van der Waals surface area contributed by atoms with Crippen molar-refractivity contribution in [2.45, 2.75) is 33.3 Å². The van der Waals surface area contributed by atoms with Gasteiger partial charge < -0.3 is 4.74 Å². The Morgan fingerprint density at radius 1 is 1.33 bits per heavy atom. The van der Waals surface area contributed by atoms with Crippen molar-refractivity contribution in [2.24, 2.45) is 0 Å². The monoisotopic (exact) mass is 150 g/mol. The van der Waals surface area contributed by atoms with Crippen molar-refractivity contribution in [3.05, 3.63) is 0 Å². The molecule has 0 aliphatic carbocycles. The normalized spacial score (nSPS) is 9.78. The molecule has 0 aliphatic heterocycles. The first-order chi connectivity index (χ1) is 3.42. The second kappa shape index (κ2) is 3.84. The van der Waals surface area contributed by atoms with Crippen LogP contribution in [0.4, 0.5) is 0 Å². The molecule has 0 radical (unpaired) electrons. The van der Waals surface area contributed by atoms with Gasteiger partial charge in [-0.15, -0.1) is 0 Å². The van der Waals surface area contributed by atoms with Gasteiger partial charge in [-0.3, -0.25) is 4.79 Å². The second-order valence-corrected chi connectivity index (χ2v) is 2.71. The average Bonchev–Trinajstić information content (AvgIpc) is 1.21. The summed E-state index contributed by atoms with van der Waals surface area (Å²) in [5.41, 5.74) is -0.328. The summed E-state index contributed by atoms with van der Waals surface area (Å²) < 4.78 is 4.80. The van der Waals surface area contributed by atoms with Crippen molar-refractivity contribution >= 4 is 15.9 Å². The molecule has 0 spiro atoms. The lowest BCUT2D eigenvalue weighted by atomic mass is 10.2. The average molecular weight is 150 g/mol. The van der Waals surface area contributed by atoms with E-state index in [9.17, 15) is 4.79 Å². The fraction of sp³-hybridized carbons (Fsp3) is 0.833. The number of carbonyl (C=O) groups excluding carboxylic acids is 1. The maximum absolute atomic E-state index is 10.2. The predicted octanol–water partition coefficient (Wildman–Crippen LogP) is 1.41. The Hall–Kier alpha value is -0.100. The molecule has 0 saturated carbocycles. The third-order valence-electron chi connectivity index (χ3n) is 0.450. The smallest absolute Gasteiger partial charge is 0.303 e. The number of esters is 1. The largest absolute Gasteiger partial charge is 0.460 e. The number of ether oxygens (including phenoxy) is 1. The summed E-state index contributed by atoms with van der Waals surface area (Å²) in [7, 11) is 0. The summed E-state index contributed by atoms with van der Waals surface area (Å²) in [5.74, 6) is -0.225. The maximum Gasteiger partial charge on any atom is 0.303 e. The Kier molecular flexibility index (Phi) is 4.97. The minimum atomic E-state index is -0.328. The van der Waals surface area contributed by atoms with E-state index in [-0.39, 0.29) is 21.5 Å². The summed E-state index contributed by atoms with van der Waals surface area (Å²) >= 11 is 0. The molecule has 2 nitrogen and oxygen atoms in total. The van der Waals surface area contributed by atoms with Crippen molar-refractivity contribution in [2.75, 3.05) is 0 Å². The summed E-state index contributed by atoms with van der Waals surface area (Å²) in [6.07, 6.45) is 0. The van der Waals surface area contributed by atoms with Crippen LogP contribution in [0.25, 0.3) is 0 Å². The van der Waals surface area contributed by atoms with Gasteiger partial charge >= 0.3 is 5.97 Å². The lowest BCUT2D eigenvalue weighted by Gasteiger charge is -2.17. The van der Waals surface area contributed by atoms with Gasteiger partial charge in [-0.05, 0) is 20.8 Å². The number of carbonyl (C=O) groups is 1. The molecule has 0 saturated heterocycles. The first-order valence-electron chi connectivity index (χ1n) is 2.61. The van der Waals surface area contributed by atoms with Crippen LogP contribution in [-0.2, 0) is 9.53 Å². The van der Waals surface area contributed by atoms with Crippen LogP contribution in [0.3, 0.4) is 0 Å². The van der Waals surface area contributed by atoms with E-state index in [2.05, 4.69) is 0 Å². The molecular formula is C6H15O2P. The minimum absolute atomic E-state index is 0. The summed E-state index contributed by atoms with van der Waals surface area (Å²) in [6, 6.07) is 0. The van der Waals surface area contributed by atoms with Gasteiger partial charge in [-0.25, -0.2) is 0 Å². The number of rotatable bonds is 0. The lowest BCUT2D eigenvalue weighted by Crippen LogP contribution is -2.21. The quantitative estimate of drug-likeness (QED) is 0.385. The Balaban J connectivity index is 0. The first kappa shape index (κ1) is 11.7. The molecule has 0 N–H and O–H groups in total. The van der Waals surface area contributed by atoms with Crippen LogP contribution < -0.4 is 0 Å². The van der Waals surface area contributed by atoms with E-state index in [1.165, 1.54) is 6.92 Å². The van der Waals surface area contributed by atoms with Gasteiger partial charge in [0, 0.05) is 6.92 Å².